The van der Waals surface area contributed by atoms with Gasteiger partial charge in [0.15, 0.2) is 0 Å². The highest BCUT2D eigenvalue weighted by atomic mass is 32.1. The molecule has 0 unspecified atom stereocenters. The molecule has 1 fully saturated rings. The number of piperazine rings is 1. The molecule has 148 valence electrons. The maximum absolute atomic E-state index is 12.5. The molecule has 1 aromatic carbocycles. The van der Waals surface area contributed by atoms with Crippen molar-refractivity contribution in [3.8, 4) is 23.3 Å². The third-order valence-electron chi connectivity index (χ3n) is 4.71. The molecule has 0 N–H and O–H groups in total. The zero-order valence-electron chi connectivity index (χ0n) is 16.0. The van der Waals surface area contributed by atoms with Crippen LogP contribution in [0.5, 0.6) is 5.75 Å². The second-order valence-corrected chi connectivity index (χ2v) is 7.45. The Hall–Kier alpha value is -3.31. The molecule has 0 atom stereocenters. The number of amides is 1. The number of aromatic nitrogens is 1. The van der Waals surface area contributed by atoms with Crippen LogP contribution in [0.3, 0.4) is 0 Å². The largest absolute Gasteiger partial charge is 0.494 e. The van der Waals surface area contributed by atoms with Crippen molar-refractivity contribution in [1.82, 2.24) is 9.88 Å². The van der Waals surface area contributed by atoms with Gasteiger partial charge in [-0.25, -0.2) is 0 Å². The van der Waals surface area contributed by atoms with E-state index in [1.807, 2.05) is 58.5 Å². The Morgan fingerprint density at radius 1 is 1.24 bits per heavy atom. The number of rotatable bonds is 5. The molecule has 1 saturated heterocycles. The van der Waals surface area contributed by atoms with Crippen molar-refractivity contribution in [3.05, 3.63) is 52.3 Å². The molecule has 1 aliphatic heterocycles. The lowest BCUT2D eigenvalue weighted by Gasteiger charge is -2.34. The molecule has 29 heavy (non-hydrogen) atoms. The van der Waals surface area contributed by atoms with Gasteiger partial charge in [-0.3, -0.25) is 4.79 Å². The summed E-state index contributed by atoms with van der Waals surface area (Å²) in [6.07, 6.45) is 0. The van der Waals surface area contributed by atoms with Crippen LogP contribution in [0.15, 0.2) is 46.2 Å². The number of carbonyl (C=O) groups excluding carboxylic acids is 1. The minimum atomic E-state index is 0.0489. The van der Waals surface area contributed by atoms with E-state index in [1.165, 1.54) is 11.3 Å². The van der Waals surface area contributed by atoms with Gasteiger partial charge in [0.25, 0.3) is 5.91 Å². The van der Waals surface area contributed by atoms with E-state index in [0.717, 1.165) is 16.2 Å². The Kier molecular flexibility index (Phi) is 5.49. The van der Waals surface area contributed by atoms with E-state index in [-0.39, 0.29) is 11.6 Å². The summed E-state index contributed by atoms with van der Waals surface area (Å²) < 4.78 is 11.4. The van der Waals surface area contributed by atoms with Crippen molar-refractivity contribution in [1.29, 1.82) is 5.26 Å². The minimum Gasteiger partial charge on any atom is -0.494 e. The lowest BCUT2D eigenvalue weighted by molar-refractivity contribution is 0.0750. The molecule has 0 saturated carbocycles. The van der Waals surface area contributed by atoms with E-state index in [2.05, 4.69) is 11.1 Å². The van der Waals surface area contributed by atoms with Gasteiger partial charge in [0, 0.05) is 31.7 Å². The normalized spacial score (nSPS) is 13.9. The summed E-state index contributed by atoms with van der Waals surface area (Å²) in [5, 5.41) is 11.4. The number of carbonyl (C=O) groups is 1. The van der Waals surface area contributed by atoms with Crippen LogP contribution in [0.1, 0.15) is 22.3 Å². The van der Waals surface area contributed by atoms with Crippen LogP contribution in [0.25, 0.3) is 11.5 Å². The van der Waals surface area contributed by atoms with E-state index < -0.39 is 0 Å². The first kappa shape index (κ1) is 19.0. The molecule has 8 heteroatoms. The number of ether oxygens (including phenoxy) is 1. The summed E-state index contributed by atoms with van der Waals surface area (Å²) in [5.74, 6) is 1.68. The van der Waals surface area contributed by atoms with Crippen molar-refractivity contribution in [2.24, 2.45) is 0 Å². The van der Waals surface area contributed by atoms with Crippen LogP contribution in [-0.4, -0.2) is 48.6 Å². The smallest absolute Gasteiger partial charge is 0.264 e. The van der Waals surface area contributed by atoms with E-state index in [0.29, 0.717) is 44.6 Å². The van der Waals surface area contributed by atoms with E-state index in [9.17, 15) is 10.1 Å². The summed E-state index contributed by atoms with van der Waals surface area (Å²) in [7, 11) is 0. The monoisotopic (exact) mass is 408 g/mol. The van der Waals surface area contributed by atoms with Gasteiger partial charge in [0.05, 0.1) is 11.5 Å². The molecule has 2 aromatic heterocycles. The summed E-state index contributed by atoms with van der Waals surface area (Å²) in [6, 6.07) is 13.3. The molecule has 1 amide bonds. The lowest BCUT2D eigenvalue weighted by Crippen LogP contribution is -2.48. The predicted molar refractivity (Wildman–Crippen MR) is 110 cm³/mol. The Labute approximate surface area is 172 Å². The number of hydrogen-bond acceptors (Lipinski definition) is 7. The van der Waals surface area contributed by atoms with Crippen LogP contribution in [0, 0.1) is 11.3 Å². The molecule has 1 aliphatic rings. The zero-order valence-corrected chi connectivity index (χ0v) is 16.8. The Morgan fingerprint density at radius 2 is 2.00 bits per heavy atom. The number of anilines is 1. The summed E-state index contributed by atoms with van der Waals surface area (Å²) in [4.78, 5) is 21.4. The molecule has 4 rings (SSSR count). The molecular weight excluding hydrogens is 388 g/mol. The summed E-state index contributed by atoms with van der Waals surface area (Å²) >= 11 is 1.45. The summed E-state index contributed by atoms with van der Waals surface area (Å²) in [6.45, 7) is 4.85. The maximum Gasteiger partial charge on any atom is 0.264 e. The summed E-state index contributed by atoms with van der Waals surface area (Å²) in [5.41, 5.74) is 1.04. The van der Waals surface area contributed by atoms with Crippen LogP contribution < -0.4 is 9.64 Å². The van der Waals surface area contributed by atoms with Gasteiger partial charge in [-0.05, 0) is 42.6 Å². The second kappa shape index (κ2) is 8.37. The molecule has 0 spiro atoms. The van der Waals surface area contributed by atoms with Crippen LogP contribution >= 0.6 is 11.3 Å². The SMILES string of the molecule is CCOc1ccc(-c2nc(C#N)c(N3CCN(C(=O)c4cccs4)CC3)o2)cc1. The fourth-order valence-electron chi connectivity index (χ4n) is 3.25. The number of thiophene rings is 1. The van der Waals surface area contributed by atoms with Crippen molar-refractivity contribution in [3.63, 3.8) is 0 Å². The number of hydrogen-bond donors (Lipinski definition) is 0. The minimum absolute atomic E-state index is 0.0489. The third kappa shape index (κ3) is 3.96. The van der Waals surface area contributed by atoms with E-state index >= 15 is 0 Å². The Balaban J connectivity index is 1.48. The molecule has 7 nitrogen and oxygen atoms in total. The lowest BCUT2D eigenvalue weighted by atomic mass is 10.2. The highest BCUT2D eigenvalue weighted by molar-refractivity contribution is 7.12. The van der Waals surface area contributed by atoms with Gasteiger partial charge in [0.2, 0.25) is 17.5 Å². The Bertz CT molecular complexity index is 1010. The average Bonchev–Trinajstić information content (AvgIpc) is 3.44. The first-order chi connectivity index (χ1) is 14.2. The number of benzene rings is 1. The van der Waals surface area contributed by atoms with Crippen molar-refractivity contribution in [2.45, 2.75) is 6.92 Å². The Morgan fingerprint density at radius 3 is 2.62 bits per heavy atom. The van der Waals surface area contributed by atoms with Gasteiger partial charge in [-0.15, -0.1) is 11.3 Å². The highest BCUT2D eigenvalue weighted by Crippen LogP contribution is 2.30. The fourth-order valence-corrected chi connectivity index (χ4v) is 3.94. The first-order valence-corrected chi connectivity index (χ1v) is 10.3. The van der Waals surface area contributed by atoms with Crippen molar-refractivity contribution in [2.75, 3.05) is 37.7 Å². The molecule has 0 aliphatic carbocycles. The van der Waals surface area contributed by atoms with Gasteiger partial charge in [-0.1, -0.05) is 6.07 Å². The molecule has 3 heterocycles. The van der Waals surface area contributed by atoms with Gasteiger partial charge in [-0.2, -0.15) is 10.2 Å². The van der Waals surface area contributed by atoms with Crippen LogP contribution in [0.4, 0.5) is 5.88 Å². The number of nitriles is 1. The highest BCUT2D eigenvalue weighted by Gasteiger charge is 2.27. The third-order valence-corrected chi connectivity index (χ3v) is 5.57. The van der Waals surface area contributed by atoms with Crippen molar-refractivity contribution < 1.29 is 13.9 Å². The predicted octanol–water partition coefficient (Wildman–Crippen LogP) is 3.64. The van der Waals surface area contributed by atoms with Crippen molar-refractivity contribution >= 4 is 23.1 Å². The molecular formula is C21H20N4O3S. The topological polar surface area (TPSA) is 82.6 Å². The second-order valence-electron chi connectivity index (χ2n) is 6.50. The van der Waals surface area contributed by atoms with Crippen LogP contribution in [0.2, 0.25) is 0 Å². The molecule has 3 aromatic rings. The van der Waals surface area contributed by atoms with Gasteiger partial charge in [0.1, 0.15) is 11.8 Å². The van der Waals surface area contributed by atoms with Gasteiger partial charge < -0.3 is 19.0 Å². The van der Waals surface area contributed by atoms with E-state index in [4.69, 9.17) is 9.15 Å². The first-order valence-electron chi connectivity index (χ1n) is 9.41. The van der Waals surface area contributed by atoms with Crippen LogP contribution in [-0.2, 0) is 0 Å². The molecule has 0 bridgehead atoms. The maximum atomic E-state index is 12.5. The number of oxazole rings is 1. The van der Waals surface area contributed by atoms with Gasteiger partial charge >= 0.3 is 0 Å². The number of nitrogens with zero attached hydrogens (tertiary/aromatic N) is 4. The van der Waals surface area contributed by atoms with E-state index in [1.54, 1.807) is 0 Å². The molecule has 0 radical (unpaired) electrons. The standard InChI is InChI=1S/C21H20N4O3S/c1-2-27-16-7-5-15(6-8-16)19-23-17(14-22)21(28-19)25-11-9-24(10-12-25)20(26)18-4-3-13-29-18/h3-8,13H,2,9-12H2,1H3. The average molecular weight is 408 g/mol. The quantitative estimate of drug-likeness (QED) is 0.641. The zero-order chi connectivity index (χ0) is 20.2. The fraction of sp³-hybridized carbons (Fsp3) is 0.286.